The van der Waals surface area contributed by atoms with Gasteiger partial charge in [-0.3, -0.25) is 0 Å². The summed E-state index contributed by atoms with van der Waals surface area (Å²) >= 11 is 0. The molecule has 0 radical (unpaired) electrons. The number of hydrogen-bond donors (Lipinski definition) is 1. The minimum Gasteiger partial charge on any atom is -0.317 e. The molecule has 2 heteroatoms. The third-order valence-electron chi connectivity index (χ3n) is 4.05. The molecule has 0 aromatic carbocycles. The number of hydrogen-bond acceptors (Lipinski definition) is 2. The third-order valence-corrected chi connectivity index (χ3v) is 4.05. The van der Waals surface area contributed by atoms with Crippen molar-refractivity contribution in [1.29, 1.82) is 0 Å². The highest BCUT2D eigenvalue weighted by molar-refractivity contribution is 4.72. The van der Waals surface area contributed by atoms with E-state index in [9.17, 15) is 0 Å². The largest absolute Gasteiger partial charge is 0.317 e. The zero-order valence-electron chi connectivity index (χ0n) is 14.3. The van der Waals surface area contributed by atoms with E-state index in [1.165, 1.54) is 51.9 Å². The summed E-state index contributed by atoms with van der Waals surface area (Å²) < 4.78 is 0. The first-order valence-corrected chi connectivity index (χ1v) is 8.54. The van der Waals surface area contributed by atoms with Crippen molar-refractivity contribution in [3.63, 3.8) is 0 Å². The van der Waals surface area contributed by atoms with E-state index in [0.717, 1.165) is 17.9 Å². The second-order valence-corrected chi connectivity index (χ2v) is 6.27. The van der Waals surface area contributed by atoms with Gasteiger partial charge in [-0.1, -0.05) is 27.7 Å². The van der Waals surface area contributed by atoms with Gasteiger partial charge in [-0.15, -0.1) is 0 Å². The Balaban J connectivity index is 0.000000316. The van der Waals surface area contributed by atoms with E-state index in [1.54, 1.807) is 0 Å². The van der Waals surface area contributed by atoms with E-state index in [2.05, 4.69) is 37.9 Å². The van der Waals surface area contributed by atoms with Crippen molar-refractivity contribution in [3.05, 3.63) is 0 Å². The lowest BCUT2D eigenvalue weighted by Crippen LogP contribution is -2.38. The van der Waals surface area contributed by atoms with Gasteiger partial charge in [0.15, 0.2) is 0 Å². The molecule has 0 saturated carbocycles. The lowest BCUT2D eigenvalue weighted by Gasteiger charge is -2.33. The summed E-state index contributed by atoms with van der Waals surface area (Å²) in [6.45, 7) is 18.4. The van der Waals surface area contributed by atoms with Crippen molar-refractivity contribution in [3.8, 4) is 0 Å². The molecule has 2 heterocycles. The molecule has 2 nitrogen and oxygen atoms in total. The van der Waals surface area contributed by atoms with Crippen molar-refractivity contribution >= 4 is 0 Å². The summed E-state index contributed by atoms with van der Waals surface area (Å²) in [5.74, 6) is 1.90. The number of nitrogens with zero attached hydrogens (tertiary/aromatic N) is 1. The van der Waals surface area contributed by atoms with Crippen LogP contribution in [0.15, 0.2) is 0 Å². The lowest BCUT2D eigenvalue weighted by molar-refractivity contribution is 0.147. The maximum atomic E-state index is 3.32. The summed E-state index contributed by atoms with van der Waals surface area (Å²) in [7, 11) is 0. The van der Waals surface area contributed by atoms with Crippen molar-refractivity contribution in [2.45, 2.75) is 73.3 Å². The monoisotopic (exact) mass is 270 g/mol. The number of piperidine rings is 2. The van der Waals surface area contributed by atoms with Crippen LogP contribution in [-0.2, 0) is 0 Å². The first kappa shape index (κ1) is 18.9. The van der Waals surface area contributed by atoms with Crippen LogP contribution in [0.1, 0.15) is 67.2 Å². The van der Waals surface area contributed by atoms with Gasteiger partial charge in [0.2, 0.25) is 0 Å². The molecule has 2 saturated heterocycles. The average Bonchev–Trinajstić information content (AvgIpc) is 2.42. The highest BCUT2D eigenvalue weighted by Crippen LogP contribution is 2.16. The van der Waals surface area contributed by atoms with Gasteiger partial charge in [0.1, 0.15) is 0 Å². The molecule has 116 valence electrons. The Kier molecular flexibility index (Phi) is 11.7. The molecular formula is C17H38N2. The van der Waals surface area contributed by atoms with Crippen LogP contribution in [0.5, 0.6) is 0 Å². The predicted molar refractivity (Wildman–Crippen MR) is 87.7 cm³/mol. The number of likely N-dealkylation sites (tertiary alicyclic amines) is 1. The number of nitrogens with one attached hydrogen (secondary N) is 1. The van der Waals surface area contributed by atoms with Gasteiger partial charge >= 0.3 is 0 Å². The minimum atomic E-state index is 0.753. The van der Waals surface area contributed by atoms with E-state index in [4.69, 9.17) is 0 Å². The van der Waals surface area contributed by atoms with Crippen LogP contribution in [-0.4, -0.2) is 37.1 Å². The van der Waals surface area contributed by atoms with Gasteiger partial charge in [-0.25, -0.2) is 0 Å². The minimum absolute atomic E-state index is 0.753. The SMILES string of the molecule is CC.CC(C)N1CCC[C@@H](C)C1.CC1CCNCC1. The van der Waals surface area contributed by atoms with Crippen LogP contribution in [0.4, 0.5) is 0 Å². The molecule has 2 fully saturated rings. The Morgan fingerprint density at radius 2 is 1.53 bits per heavy atom. The summed E-state index contributed by atoms with van der Waals surface area (Å²) in [5, 5.41) is 3.32. The van der Waals surface area contributed by atoms with Crippen LogP contribution < -0.4 is 5.32 Å². The molecule has 1 N–H and O–H groups in total. The zero-order valence-corrected chi connectivity index (χ0v) is 14.3. The number of rotatable bonds is 1. The fourth-order valence-corrected chi connectivity index (χ4v) is 2.66. The Morgan fingerprint density at radius 3 is 1.84 bits per heavy atom. The molecule has 19 heavy (non-hydrogen) atoms. The Bertz CT molecular complexity index is 186. The Labute approximate surface area is 122 Å². The third kappa shape index (κ3) is 9.45. The maximum Gasteiger partial charge on any atom is 0.00387 e. The molecule has 1 atom stereocenters. The molecule has 0 amide bonds. The second-order valence-electron chi connectivity index (χ2n) is 6.27. The molecule has 0 aromatic heterocycles. The van der Waals surface area contributed by atoms with Crippen LogP contribution in [0.2, 0.25) is 0 Å². The average molecular weight is 271 g/mol. The quantitative estimate of drug-likeness (QED) is 0.769. The van der Waals surface area contributed by atoms with E-state index >= 15 is 0 Å². The van der Waals surface area contributed by atoms with Gasteiger partial charge in [-0.2, -0.15) is 0 Å². The normalized spacial score (nSPS) is 25.1. The van der Waals surface area contributed by atoms with Crippen molar-refractivity contribution in [1.82, 2.24) is 10.2 Å². The van der Waals surface area contributed by atoms with Gasteiger partial charge in [-0.05, 0) is 71.0 Å². The van der Waals surface area contributed by atoms with Crippen molar-refractivity contribution in [2.24, 2.45) is 11.8 Å². The van der Waals surface area contributed by atoms with Gasteiger partial charge in [0.25, 0.3) is 0 Å². The highest BCUT2D eigenvalue weighted by Gasteiger charge is 2.17. The lowest BCUT2D eigenvalue weighted by atomic mass is 9.99. The van der Waals surface area contributed by atoms with Crippen molar-refractivity contribution < 1.29 is 0 Å². The molecule has 0 aliphatic carbocycles. The van der Waals surface area contributed by atoms with Crippen LogP contribution in [0.25, 0.3) is 0 Å². The highest BCUT2D eigenvalue weighted by atomic mass is 15.1. The van der Waals surface area contributed by atoms with E-state index in [-0.39, 0.29) is 0 Å². The summed E-state index contributed by atoms with van der Waals surface area (Å²) in [5.41, 5.74) is 0. The molecule has 0 spiro atoms. The smallest absolute Gasteiger partial charge is 0.00387 e. The maximum absolute atomic E-state index is 3.32. The van der Waals surface area contributed by atoms with Crippen LogP contribution in [0.3, 0.4) is 0 Å². The fourth-order valence-electron chi connectivity index (χ4n) is 2.66. The van der Waals surface area contributed by atoms with E-state index < -0.39 is 0 Å². The summed E-state index contributed by atoms with van der Waals surface area (Å²) in [4.78, 5) is 2.58. The van der Waals surface area contributed by atoms with E-state index in [1.807, 2.05) is 13.8 Å². The summed E-state index contributed by atoms with van der Waals surface area (Å²) in [6, 6.07) is 0.753. The Morgan fingerprint density at radius 1 is 0.947 bits per heavy atom. The Hall–Kier alpha value is -0.0800. The summed E-state index contributed by atoms with van der Waals surface area (Å²) in [6.07, 6.45) is 5.59. The molecule has 0 unspecified atom stereocenters. The molecule has 2 aliphatic heterocycles. The fraction of sp³-hybridized carbons (Fsp3) is 1.00. The molecule has 0 bridgehead atoms. The molecule has 2 aliphatic rings. The van der Waals surface area contributed by atoms with Crippen LogP contribution in [0, 0.1) is 11.8 Å². The topological polar surface area (TPSA) is 15.3 Å². The molecular weight excluding hydrogens is 232 g/mol. The van der Waals surface area contributed by atoms with Crippen LogP contribution >= 0.6 is 0 Å². The standard InChI is InChI=1S/C9H19N.C6H13N.C2H6/c1-8(2)10-6-4-5-9(3)7-10;1-6-2-4-7-5-3-6;1-2/h8-9H,4-7H2,1-3H3;6-7H,2-5H2,1H3;1-2H3/t9-;;/m1../s1. The first-order valence-electron chi connectivity index (χ1n) is 8.54. The second kappa shape index (κ2) is 11.7. The van der Waals surface area contributed by atoms with Crippen molar-refractivity contribution in [2.75, 3.05) is 26.2 Å². The molecule has 2 rings (SSSR count). The van der Waals surface area contributed by atoms with Gasteiger partial charge < -0.3 is 10.2 Å². The van der Waals surface area contributed by atoms with Gasteiger partial charge in [0, 0.05) is 12.6 Å². The first-order chi connectivity index (χ1) is 9.09. The van der Waals surface area contributed by atoms with E-state index in [0.29, 0.717) is 0 Å². The zero-order chi connectivity index (χ0) is 14.7. The van der Waals surface area contributed by atoms with Gasteiger partial charge in [0.05, 0.1) is 0 Å². The predicted octanol–water partition coefficient (Wildman–Crippen LogP) is 4.16. The molecule has 0 aromatic rings.